The average Bonchev–Trinajstić information content (AvgIpc) is 1.87. The molecule has 0 aliphatic rings. The van der Waals surface area contributed by atoms with Gasteiger partial charge in [0, 0.05) is 0 Å². The maximum absolute atomic E-state index is 9.44. The smallest absolute Gasteiger partial charge is 0.870 e. The topological polar surface area (TPSA) is 47.1 Å². The van der Waals surface area contributed by atoms with Gasteiger partial charge in [-0.3, -0.25) is 0 Å². The molecule has 3 heteroatoms. The Balaban J connectivity index is -0.000000150. The van der Waals surface area contributed by atoms with Crippen molar-refractivity contribution >= 4 is 5.78 Å². The molecule has 0 fully saturated rings. The minimum Gasteiger partial charge on any atom is -0.870 e. The van der Waals surface area contributed by atoms with E-state index in [1.165, 1.54) is 19.4 Å². The number of carbonyl (C=O) groups is 1. The Morgan fingerprint density at radius 3 is 1.54 bits per heavy atom. The van der Waals surface area contributed by atoms with Crippen molar-refractivity contribution in [3.63, 3.8) is 0 Å². The molecule has 0 amide bonds. The normalized spacial score (nSPS) is 6.69. The molecule has 0 atom stereocenters. The summed E-state index contributed by atoms with van der Waals surface area (Å²) in [6, 6.07) is 10.3. The van der Waals surface area contributed by atoms with Crippen LogP contribution in [-0.2, 0) is 4.79 Å². The predicted molar refractivity (Wildman–Crippen MR) is 49.5 cm³/mol. The molecular weight excluding hydrogens is 175 g/mol. The summed E-state index contributed by atoms with van der Waals surface area (Å²) in [6.07, 6.45) is 0. The molecule has 1 aromatic carbocycles. The maximum atomic E-state index is 9.44. The van der Waals surface area contributed by atoms with Gasteiger partial charge in [-0.1, -0.05) is 35.9 Å². The number of carbonyl (C=O) groups excluding carboxylic acids is 1. The van der Waals surface area contributed by atoms with Gasteiger partial charge in [0.25, 0.3) is 0 Å². The minimum atomic E-state index is 0. The van der Waals surface area contributed by atoms with Crippen molar-refractivity contribution in [2.75, 3.05) is 0 Å². The van der Waals surface area contributed by atoms with E-state index in [9.17, 15) is 4.79 Å². The Labute approximate surface area is 102 Å². The van der Waals surface area contributed by atoms with E-state index in [1.54, 1.807) is 0 Å². The van der Waals surface area contributed by atoms with Crippen molar-refractivity contribution in [3.8, 4) is 0 Å². The minimum absolute atomic E-state index is 0. The molecular formula is C10H15NaO2. The van der Waals surface area contributed by atoms with Crippen molar-refractivity contribution in [2.45, 2.75) is 20.8 Å². The first-order valence-corrected chi connectivity index (χ1v) is 3.61. The summed E-state index contributed by atoms with van der Waals surface area (Å²) in [7, 11) is 0. The van der Waals surface area contributed by atoms with E-state index in [0.717, 1.165) is 0 Å². The fourth-order valence-corrected chi connectivity index (χ4v) is 0.534. The number of Topliss-reactive ketones (excluding diaryl/α,β-unsaturated/α-hetero) is 1. The summed E-state index contributed by atoms with van der Waals surface area (Å²) in [5.41, 5.74) is 1.32. The number of benzene rings is 1. The van der Waals surface area contributed by atoms with Gasteiger partial charge in [0.05, 0.1) is 0 Å². The Kier molecular flexibility index (Phi) is 17.0. The zero-order valence-corrected chi connectivity index (χ0v) is 10.7. The largest absolute Gasteiger partial charge is 1.00 e. The summed E-state index contributed by atoms with van der Waals surface area (Å²) in [5.74, 6) is 0.167. The standard InChI is InChI=1S/C7H8.C3H6O.Na.H2O/c1-7-5-3-2-4-6-7;1-3(2)4;;/h2-6H,1H3;1-2H3;;1H2/q;;+1;/p-1. The van der Waals surface area contributed by atoms with Gasteiger partial charge in [0.15, 0.2) is 0 Å². The second kappa shape index (κ2) is 11.8. The van der Waals surface area contributed by atoms with E-state index in [2.05, 4.69) is 19.1 Å². The number of rotatable bonds is 0. The second-order valence-electron chi connectivity index (χ2n) is 2.56. The molecule has 0 aliphatic heterocycles. The molecule has 0 radical (unpaired) electrons. The molecule has 1 N–H and O–H groups in total. The molecule has 0 heterocycles. The van der Waals surface area contributed by atoms with Gasteiger partial charge in [0.2, 0.25) is 0 Å². The summed E-state index contributed by atoms with van der Waals surface area (Å²) in [4.78, 5) is 9.44. The van der Waals surface area contributed by atoms with Crippen molar-refractivity contribution in [1.82, 2.24) is 0 Å². The van der Waals surface area contributed by atoms with Crippen LogP contribution < -0.4 is 29.6 Å². The van der Waals surface area contributed by atoms with Crippen LogP contribution in [0.3, 0.4) is 0 Å². The van der Waals surface area contributed by atoms with E-state index in [0.29, 0.717) is 0 Å². The third-order valence-electron chi connectivity index (χ3n) is 0.940. The molecule has 0 bridgehead atoms. The zero-order valence-electron chi connectivity index (χ0n) is 8.74. The summed E-state index contributed by atoms with van der Waals surface area (Å²) in [6.45, 7) is 5.14. The van der Waals surface area contributed by atoms with Crippen LogP contribution in [0.15, 0.2) is 30.3 Å². The van der Waals surface area contributed by atoms with Gasteiger partial charge in [-0.15, -0.1) is 0 Å². The zero-order chi connectivity index (χ0) is 8.69. The van der Waals surface area contributed by atoms with Crippen LogP contribution >= 0.6 is 0 Å². The van der Waals surface area contributed by atoms with E-state index in [-0.39, 0.29) is 40.8 Å². The maximum Gasteiger partial charge on any atom is 1.00 e. The Bertz CT molecular complexity index is 205. The van der Waals surface area contributed by atoms with Crippen LogP contribution in [-0.4, -0.2) is 11.3 Å². The fourth-order valence-electron chi connectivity index (χ4n) is 0.534. The monoisotopic (exact) mass is 190 g/mol. The predicted octanol–water partition coefficient (Wildman–Crippen LogP) is -0.582. The average molecular weight is 190 g/mol. The van der Waals surface area contributed by atoms with E-state index in [1.807, 2.05) is 18.2 Å². The molecule has 68 valence electrons. The molecule has 1 aromatic rings. The van der Waals surface area contributed by atoms with E-state index in [4.69, 9.17) is 0 Å². The van der Waals surface area contributed by atoms with Gasteiger partial charge < -0.3 is 10.3 Å². The first-order chi connectivity index (χ1) is 5.13. The van der Waals surface area contributed by atoms with Crippen LogP contribution in [0.5, 0.6) is 0 Å². The van der Waals surface area contributed by atoms with E-state index >= 15 is 0 Å². The molecule has 1 rings (SSSR count). The van der Waals surface area contributed by atoms with Crippen molar-refractivity contribution < 1.29 is 39.8 Å². The van der Waals surface area contributed by atoms with Crippen molar-refractivity contribution in [3.05, 3.63) is 35.9 Å². The van der Waals surface area contributed by atoms with Gasteiger partial charge in [-0.05, 0) is 20.8 Å². The summed E-state index contributed by atoms with van der Waals surface area (Å²) < 4.78 is 0. The second-order valence-corrected chi connectivity index (χ2v) is 2.56. The number of hydrogen-bond acceptors (Lipinski definition) is 2. The van der Waals surface area contributed by atoms with Gasteiger partial charge in [-0.25, -0.2) is 0 Å². The Morgan fingerprint density at radius 2 is 1.38 bits per heavy atom. The van der Waals surface area contributed by atoms with Crippen LogP contribution in [0.2, 0.25) is 0 Å². The third kappa shape index (κ3) is 18.7. The fraction of sp³-hybridized carbons (Fsp3) is 0.300. The van der Waals surface area contributed by atoms with Crippen LogP contribution in [0.1, 0.15) is 19.4 Å². The number of aryl methyl sites for hydroxylation is 1. The molecule has 2 nitrogen and oxygen atoms in total. The Hall–Kier alpha value is -0.150. The van der Waals surface area contributed by atoms with Crippen LogP contribution in [0.25, 0.3) is 0 Å². The quantitative estimate of drug-likeness (QED) is 0.514. The summed E-state index contributed by atoms with van der Waals surface area (Å²) >= 11 is 0. The first-order valence-electron chi connectivity index (χ1n) is 3.61. The third-order valence-corrected chi connectivity index (χ3v) is 0.940. The van der Waals surface area contributed by atoms with Gasteiger partial charge >= 0.3 is 29.6 Å². The van der Waals surface area contributed by atoms with Crippen molar-refractivity contribution in [1.29, 1.82) is 0 Å². The summed E-state index contributed by atoms with van der Waals surface area (Å²) in [5, 5.41) is 0. The van der Waals surface area contributed by atoms with Crippen LogP contribution in [0.4, 0.5) is 0 Å². The number of hydrogen-bond donors (Lipinski definition) is 0. The van der Waals surface area contributed by atoms with Gasteiger partial charge in [-0.2, -0.15) is 0 Å². The molecule has 0 saturated heterocycles. The number of ketones is 1. The Morgan fingerprint density at radius 1 is 1.08 bits per heavy atom. The first kappa shape index (κ1) is 18.6. The molecule has 0 unspecified atom stereocenters. The molecule has 0 aliphatic carbocycles. The molecule has 13 heavy (non-hydrogen) atoms. The molecule has 0 saturated carbocycles. The van der Waals surface area contributed by atoms with Crippen LogP contribution in [0, 0.1) is 6.92 Å². The van der Waals surface area contributed by atoms with Gasteiger partial charge in [0.1, 0.15) is 5.78 Å². The van der Waals surface area contributed by atoms with Crippen molar-refractivity contribution in [2.24, 2.45) is 0 Å². The molecule has 0 spiro atoms. The SMILES string of the molecule is CC(C)=O.Cc1ccccc1.[Na+].[OH-]. The molecule has 0 aromatic heterocycles. The van der Waals surface area contributed by atoms with E-state index < -0.39 is 0 Å².